The first-order valence-electron chi connectivity index (χ1n) is 6.55. The lowest BCUT2D eigenvalue weighted by Crippen LogP contribution is -2.42. The summed E-state index contributed by atoms with van der Waals surface area (Å²) in [6.45, 7) is 7.27. The van der Waals surface area contributed by atoms with Gasteiger partial charge in [0.2, 0.25) is 0 Å². The molecule has 2 aromatic rings. The molecule has 0 saturated carbocycles. The van der Waals surface area contributed by atoms with Crippen LogP contribution in [0.15, 0.2) is 36.9 Å². The van der Waals surface area contributed by atoms with E-state index in [-0.39, 0.29) is 11.9 Å². The Morgan fingerprint density at radius 2 is 2.14 bits per heavy atom. The van der Waals surface area contributed by atoms with Crippen LogP contribution in [-0.2, 0) is 11.3 Å². The summed E-state index contributed by atoms with van der Waals surface area (Å²) < 4.78 is 5.68. The number of hydrogen-bond donors (Lipinski definition) is 1. The molecule has 7 nitrogen and oxygen atoms in total. The van der Waals surface area contributed by atoms with Gasteiger partial charge < -0.3 is 4.74 Å². The van der Waals surface area contributed by atoms with Crippen molar-refractivity contribution in [2.24, 2.45) is 0 Å². The van der Waals surface area contributed by atoms with E-state index < -0.39 is 5.60 Å². The number of carbonyl (C=O) groups excluding carboxylic acids is 1. The number of amides is 1. The predicted molar refractivity (Wildman–Crippen MR) is 82.8 cm³/mol. The van der Waals surface area contributed by atoms with Crippen molar-refractivity contribution in [1.82, 2.24) is 20.2 Å². The van der Waals surface area contributed by atoms with E-state index in [1.54, 1.807) is 44.2 Å². The molecule has 0 aliphatic rings. The lowest BCUT2D eigenvalue weighted by atomic mass is 10.1. The molecule has 1 aromatic carbocycles. The van der Waals surface area contributed by atoms with Gasteiger partial charge in [0, 0.05) is 5.02 Å². The number of allylic oxidation sites excluding steroid dienone is 1. The van der Waals surface area contributed by atoms with E-state index >= 15 is 0 Å². The smallest absolute Gasteiger partial charge is 0.270 e. The second-order valence-electron chi connectivity index (χ2n) is 4.98. The Hall–Kier alpha value is -2.41. The van der Waals surface area contributed by atoms with Gasteiger partial charge in [-0.25, -0.2) is 0 Å². The fourth-order valence-corrected chi connectivity index (χ4v) is 1.71. The van der Waals surface area contributed by atoms with Crippen LogP contribution in [0.2, 0.25) is 5.02 Å². The third kappa shape index (κ3) is 4.05. The molecule has 1 aromatic heterocycles. The lowest BCUT2D eigenvalue weighted by Gasteiger charge is -2.24. The highest BCUT2D eigenvalue weighted by Gasteiger charge is 2.31. The van der Waals surface area contributed by atoms with E-state index in [0.29, 0.717) is 17.3 Å². The zero-order chi connectivity index (χ0) is 16.2. The minimum atomic E-state index is -1.11. The van der Waals surface area contributed by atoms with Gasteiger partial charge in [-0.2, -0.15) is 4.80 Å². The molecule has 0 atom stereocenters. The highest BCUT2D eigenvalue weighted by molar-refractivity contribution is 6.30. The van der Waals surface area contributed by atoms with E-state index in [1.807, 2.05) is 0 Å². The summed E-state index contributed by atoms with van der Waals surface area (Å²) in [6.07, 6.45) is 1.63. The lowest BCUT2D eigenvalue weighted by molar-refractivity contribution is -0.128. The molecule has 0 spiro atoms. The van der Waals surface area contributed by atoms with Gasteiger partial charge in [0.15, 0.2) is 5.60 Å². The molecule has 8 heteroatoms. The average Bonchev–Trinajstić information content (AvgIpc) is 2.89. The van der Waals surface area contributed by atoms with Crippen LogP contribution in [-0.4, -0.2) is 31.7 Å². The molecule has 1 amide bonds. The first-order valence-corrected chi connectivity index (χ1v) is 6.93. The molecular formula is C14H16ClN5O2. The molecule has 22 heavy (non-hydrogen) atoms. The topological polar surface area (TPSA) is 81.9 Å². The molecule has 0 saturated heterocycles. The number of anilines is 1. The number of rotatable bonds is 6. The fourth-order valence-electron chi connectivity index (χ4n) is 1.58. The van der Waals surface area contributed by atoms with Crippen molar-refractivity contribution < 1.29 is 9.53 Å². The molecule has 0 aliphatic heterocycles. The largest absolute Gasteiger partial charge is 0.478 e. The number of ether oxygens (including phenoxy) is 1. The highest BCUT2D eigenvalue weighted by atomic mass is 35.5. The highest BCUT2D eigenvalue weighted by Crippen LogP contribution is 2.21. The first kappa shape index (κ1) is 16.0. The molecule has 2 rings (SSSR count). The van der Waals surface area contributed by atoms with Gasteiger partial charge in [-0.15, -0.1) is 11.7 Å². The zero-order valence-corrected chi connectivity index (χ0v) is 13.0. The number of carbonyl (C=O) groups is 1. The maximum Gasteiger partial charge on any atom is 0.270 e. The summed E-state index contributed by atoms with van der Waals surface area (Å²) in [5.41, 5.74) is -1.11. The maximum absolute atomic E-state index is 12.3. The monoisotopic (exact) mass is 321 g/mol. The van der Waals surface area contributed by atoms with Gasteiger partial charge in [0.05, 0.1) is 6.54 Å². The summed E-state index contributed by atoms with van der Waals surface area (Å²) in [5.74, 6) is 0.257. The van der Waals surface area contributed by atoms with Gasteiger partial charge in [-0.3, -0.25) is 10.1 Å². The zero-order valence-electron chi connectivity index (χ0n) is 12.3. The summed E-state index contributed by atoms with van der Waals surface area (Å²) in [6, 6.07) is 6.76. The number of nitrogens with one attached hydrogen (secondary N) is 1. The Balaban J connectivity index is 2.02. The van der Waals surface area contributed by atoms with Gasteiger partial charge in [-0.1, -0.05) is 22.8 Å². The Labute approximate surface area is 132 Å². The summed E-state index contributed by atoms with van der Waals surface area (Å²) in [5, 5.41) is 14.7. The van der Waals surface area contributed by atoms with Crippen LogP contribution in [0.25, 0.3) is 0 Å². The van der Waals surface area contributed by atoms with E-state index in [4.69, 9.17) is 16.3 Å². The Morgan fingerprint density at radius 3 is 2.77 bits per heavy atom. The number of nitrogens with zero attached hydrogens (tertiary/aromatic N) is 4. The molecule has 0 unspecified atom stereocenters. The summed E-state index contributed by atoms with van der Waals surface area (Å²) >= 11 is 5.81. The SMILES string of the molecule is C=CCn1nnc(NC(=O)C(C)(C)Oc2ccc(Cl)cc2)n1. The fraction of sp³-hybridized carbons (Fsp3) is 0.286. The minimum Gasteiger partial charge on any atom is -0.478 e. The van der Waals surface area contributed by atoms with E-state index in [0.717, 1.165) is 0 Å². The molecule has 0 radical (unpaired) electrons. The first-order chi connectivity index (χ1) is 10.4. The van der Waals surface area contributed by atoms with Gasteiger partial charge in [0.1, 0.15) is 5.75 Å². The van der Waals surface area contributed by atoms with Crippen molar-refractivity contribution in [3.63, 3.8) is 0 Å². The molecular weight excluding hydrogens is 306 g/mol. The Kier molecular flexibility index (Phi) is 4.77. The molecule has 0 aliphatic carbocycles. The molecule has 1 heterocycles. The van der Waals surface area contributed by atoms with E-state index in [2.05, 4.69) is 27.3 Å². The van der Waals surface area contributed by atoms with Crippen molar-refractivity contribution in [2.75, 3.05) is 5.32 Å². The van der Waals surface area contributed by atoms with Crippen LogP contribution < -0.4 is 10.1 Å². The van der Waals surface area contributed by atoms with Crippen molar-refractivity contribution in [1.29, 1.82) is 0 Å². The standard InChI is InChI=1S/C14H16ClN5O2/c1-4-9-20-18-13(17-19-20)16-12(21)14(2,3)22-11-7-5-10(15)6-8-11/h4-8H,1,9H2,2-3H3,(H,16,18,21). The molecule has 0 bridgehead atoms. The normalized spacial score (nSPS) is 11.0. The third-order valence-electron chi connectivity index (χ3n) is 2.70. The number of halogens is 1. The van der Waals surface area contributed by atoms with Crippen LogP contribution in [0.3, 0.4) is 0 Å². The van der Waals surface area contributed by atoms with Crippen LogP contribution in [0, 0.1) is 0 Å². The molecule has 1 N–H and O–H groups in total. The van der Waals surface area contributed by atoms with E-state index in [9.17, 15) is 4.79 Å². The van der Waals surface area contributed by atoms with Crippen LogP contribution >= 0.6 is 11.6 Å². The average molecular weight is 322 g/mol. The molecule has 116 valence electrons. The van der Waals surface area contributed by atoms with E-state index in [1.165, 1.54) is 4.80 Å². The van der Waals surface area contributed by atoms with Crippen molar-refractivity contribution in [2.45, 2.75) is 26.0 Å². The number of hydrogen-bond acceptors (Lipinski definition) is 5. The predicted octanol–water partition coefficient (Wildman–Crippen LogP) is 2.31. The van der Waals surface area contributed by atoms with Crippen LogP contribution in [0.4, 0.5) is 5.95 Å². The Morgan fingerprint density at radius 1 is 1.45 bits per heavy atom. The number of benzene rings is 1. The van der Waals surface area contributed by atoms with Crippen LogP contribution in [0.1, 0.15) is 13.8 Å². The van der Waals surface area contributed by atoms with Crippen molar-refractivity contribution in [3.8, 4) is 5.75 Å². The number of aromatic nitrogens is 4. The Bertz CT molecular complexity index is 666. The minimum absolute atomic E-state index is 0.111. The second kappa shape index (κ2) is 6.57. The van der Waals surface area contributed by atoms with Crippen LogP contribution in [0.5, 0.6) is 5.75 Å². The summed E-state index contributed by atoms with van der Waals surface area (Å²) in [4.78, 5) is 13.6. The summed E-state index contributed by atoms with van der Waals surface area (Å²) in [7, 11) is 0. The maximum atomic E-state index is 12.3. The van der Waals surface area contributed by atoms with Crippen molar-refractivity contribution >= 4 is 23.5 Å². The quantitative estimate of drug-likeness (QED) is 0.826. The van der Waals surface area contributed by atoms with Gasteiger partial charge in [-0.05, 0) is 43.3 Å². The third-order valence-corrected chi connectivity index (χ3v) is 2.96. The number of tetrazole rings is 1. The second-order valence-corrected chi connectivity index (χ2v) is 5.41. The van der Waals surface area contributed by atoms with Crippen molar-refractivity contribution in [3.05, 3.63) is 41.9 Å². The van der Waals surface area contributed by atoms with Gasteiger partial charge >= 0.3 is 0 Å². The van der Waals surface area contributed by atoms with Gasteiger partial charge in [0.25, 0.3) is 11.9 Å². The molecule has 0 fully saturated rings.